The highest BCUT2D eigenvalue weighted by molar-refractivity contribution is 7.80. The lowest BCUT2D eigenvalue weighted by atomic mass is 9.94. The van der Waals surface area contributed by atoms with Gasteiger partial charge in [0, 0.05) is 11.1 Å². The average Bonchev–Trinajstić information content (AvgIpc) is 2.88. The van der Waals surface area contributed by atoms with Gasteiger partial charge < -0.3 is 11.1 Å². The van der Waals surface area contributed by atoms with Crippen LogP contribution in [-0.2, 0) is 6.42 Å². The summed E-state index contributed by atoms with van der Waals surface area (Å²) in [7, 11) is 0. The molecule has 1 aliphatic rings. The molecule has 0 fully saturated rings. The minimum absolute atomic E-state index is 0.337. The average molecular weight is 289 g/mol. The number of hydrogen-bond donors (Lipinski definition) is 2. The molecule has 2 aromatic rings. The van der Waals surface area contributed by atoms with E-state index in [1.165, 1.54) is 23.3 Å². The molecule has 19 heavy (non-hydrogen) atoms. The number of thiophene rings is 1. The fourth-order valence-electron chi connectivity index (χ4n) is 2.54. The first-order valence-corrected chi connectivity index (χ1v) is 7.62. The number of nitrogens with two attached hydrogens (primary N) is 1. The molecule has 2 aromatic heterocycles. The number of aryl methyl sites for hydroxylation is 1. The molecule has 5 heteroatoms. The lowest BCUT2D eigenvalue weighted by Gasteiger charge is -2.25. The Balaban J connectivity index is 1.90. The molecule has 3 N–H and O–H groups in total. The molecule has 1 unspecified atom stereocenters. The lowest BCUT2D eigenvalue weighted by Crippen LogP contribution is -2.20. The minimum Gasteiger partial charge on any atom is -0.388 e. The predicted molar refractivity (Wildman–Crippen MR) is 83.7 cm³/mol. The van der Waals surface area contributed by atoms with Gasteiger partial charge in [-0.25, -0.2) is 0 Å². The molecule has 3 rings (SSSR count). The third-order valence-corrected chi connectivity index (χ3v) is 4.61. The van der Waals surface area contributed by atoms with Crippen LogP contribution in [0, 0.1) is 0 Å². The first-order valence-electron chi connectivity index (χ1n) is 6.33. The summed E-state index contributed by atoms with van der Waals surface area (Å²) in [5, 5.41) is 5.72. The highest BCUT2D eigenvalue weighted by Gasteiger charge is 2.22. The quantitative estimate of drug-likeness (QED) is 0.852. The smallest absolute Gasteiger partial charge is 0.124 e. The first kappa shape index (κ1) is 12.6. The van der Waals surface area contributed by atoms with Gasteiger partial charge in [-0.15, -0.1) is 11.3 Å². The Bertz CT molecular complexity index is 606. The Morgan fingerprint density at radius 1 is 1.47 bits per heavy atom. The Kier molecular flexibility index (Phi) is 3.48. The maximum Gasteiger partial charge on any atom is 0.124 e. The van der Waals surface area contributed by atoms with Gasteiger partial charge >= 0.3 is 0 Å². The van der Waals surface area contributed by atoms with Gasteiger partial charge in [-0.05, 0) is 48.4 Å². The van der Waals surface area contributed by atoms with E-state index in [9.17, 15) is 0 Å². The fraction of sp³-hybridized carbons (Fsp3) is 0.286. The van der Waals surface area contributed by atoms with Gasteiger partial charge in [-0.1, -0.05) is 12.2 Å². The number of nitrogens with one attached hydrogen (secondary N) is 1. The van der Waals surface area contributed by atoms with Crippen LogP contribution in [0.4, 0.5) is 5.69 Å². The summed E-state index contributed by atoms with van der Waals surface area (Å²) in [6.07, 6.45) is 5.26. The maximum atomic E-state index is 5.73. The van der Waals surface area contributed by atoms with Crippen molar-refractivity contribution < 1.29 is 0 Å². The Morgan fingerprint density at radius 3 is 3.21 bits per heavy atom. The summed E-state index contributed by atoms with van der Waals surface area (Å²) in [6, 6.07) is 6.45. The van der Waals surface area contributed by atoms with E-state index in [0.717, 1.165) is 12.1 Å². The largest absolute Gasteiger partial charge is 0.388 e. The molecule has 0 aromatic carbocycles. The lowest BCUT2D eigenvalue weighted by molar-refractivity contribution is 0.608. The van der Waals surface area contributed by atoms with Gasteiger partial charge in [0.1, 0.15) is 10.7 Å². The zero-order chi connectivity index (χ0) is 13.2. The van der Waals surface area contributed by atoms with Gasteiger partial charge in [-0.3, -0.25) is 4.98 Å². The number of nitrogens with zero attached hydrogens (tertiary/aromatic N) is 1. The zero-order valence-electron chi connectivity index (χ0n) is 10.4. The van der Waals surface area contributed by atoms with Crippen molar-refractivity contribution in [3.8, 4) is 0 Å². The molecule has 0 saturated carbocycles. The summed E-state index contributed by atoms with van der Waals surface area (Å²) in [4.78, 5) is 6.09. The molecule has 0 spiro atoms. The van der Waals surface area contributed by atoms with Crippen molar-refractivity contribution in [1.82, 2.24) is 4.98 Å². The van der Waals surface area contributed by atoms with Crippen molar-refractivity contribution in [2.75, 3.05) is 5.32 Å². The third kappa shape index (κ3) is 2.48. The molecule has 0 amide bonds. The van der Waals surface area contributed by atoms with Crippen LogP contribution in [0.1, 0.15) is 35.0 Å². The van der Waals surface area contributed by atoms with E-state index in [1.807, 2.05) is 23.5 Å². The molecule has 0 saturated heterocycles. The van der Waals surface area contributed by atoms with Gasteiger partial charge in [0.2, 0.25) is 0 Å². The topological polar surface area (TPSA) is 50.9 Å². The van der Waals surface area contributed by atoms with E-state index < -0.39 is 0 Å². The number of aromatic nitrogens is 1. The van der Waals surface area contributed by atoms with Crippen molar-refractivity contribution in [2.24, 2.45) is 5.73 Å². The fourth-order valence-corrected chi connectivity index (χ4v) is 3.69. The summed E-state index contributed by atoms with van der Waals surface area (Å²) in [5.41, 5.74) is 8.75. The normalized spacial score (nSPS) is 17.8. The molecule has 3 nitrogen and oxygen atoms in total. The van der Waals surface area contributed by atoms with Gasteiger partial charge in [0.15, 0.2) is 0 Å². The number of anilines is 1. The van der Waals surface area contributed by atoms with E-state index in [1.54, 1.807) is 6.20 Å². The van der Waals surface area contributed by atoms with Crippen LogP contribution in [0.25, 0.3) is 0 Å². The van der Waals surface area contributed by atoms with Crippen LogP contribution < -0.4 is 11.1 Å². The van der Waals surface area contributed by atoms with Crippen molar-refractivity contribution in [1.29, 1.82) is 0 Å². The summed E-state index contributed by atoms with van der Waals surface area (Å²) in [6.45, 7) is 0. The number of rotatable bonds is 3. The SMILES string of the molecule is NC(=S)c1ncccc1NC1CCCc2sccc21. The van der Waals surface area contributed by atoms with Crippen molar-refractivity contribution in [3.63, 3.8) is 0 Å². The van der Waals surface area contributed by atoms with Crippen molar-refractivity contribution >= 4 is 34.2 Å². The van der Waals surface area contributed by atoms with Crippen LogP contribution in [0.3, 0.4) is 0 Å². The van der Waals surface area contributed by atoms with Gasteiger partial charge in [0.25, 0.3) is 0 Å². The Morgan fingerprint density at radius 2 is 2.37 bits per heavy atom. The highest BCUT2D eigenvalue weighted by atomic mass is 32.1. The zero-order valence-corrected chi connectivity index (χ0v) is 12.1. The maximum absolute atomic E-state index is 5.73. The molecule has 1 atom stereocenters. The van der Waals surface area contributed by atoms with E-state index in [0.29, 0.717) is 16.7 Å². The second-order valence-electron chi connectivity index (χ2n) is 4.65. The Labute approximate surface area is 121 Å². The number of thiocarbonyl (C=S) groups is 1. The molecule has 0 bridgehead atoms. The van der Waals surface area contributed by atoms with E-state index in [2.05, 4.69) is 21.7 Å². The van der Waals surface area contributed by atoms with Crippen molar-refractivity contribution in [3.05, 3.63) is 45.9 Å². The molecule has 0 radical (unpaired) electrons. The number of pyridine rings is 1. The summed E-state index contributed by atoms with van der Waals surface area (Å²) in [5.74, 6) is 0. The predicted octanol–water partition coefficient (Wildman–Crippen LogP) is 3.27. The van der Waals surface area contributed by atoms with Crippen LogP contribution in [0.15, 0.2) is 29.8 Å². The molecule has 1 aliphatic carbocycles. The number of hydrogen-bond acceptors (Lipinski definition) is 4. The molecular weight excluding hydrogens is 274 g/mol. The number of fused-ring (bicyclic) bond motifs is 1. The van der Waals surface area contributed by atoms with Crippen LogP contribution in [0.2, 0.25) is 0 Å². The van der Waals surface area contributed by atoms with E-state index >= 15 is 0 Å². The van der Waals surface area contributed by atoms with Crippen LogP contribution in [-0.4, -0.2) is 9.97 Å². The summed E-state index contributed by atoms with van der Waals surface area (Å²) >= 11 is 6.90. The highest BCUT2D eigenvalue weighted by Crippen LogP contribution is 2.35. The summed E-state index contributed by atoms with van der Waals surface area (Å²) < 4.78 is 0. The van der Waals surface area contributed by atoms with E-state index in [4.69, 9.17) is 18.0 Å². The second kappa shape index (κ2) is 5.27. The van der Waals surface area contributed by atoms with Crippen LogP contribution in [0.5, 0.6) is 0 Å². The Hall–Kier alpha value is -1.46. The first-order chi connectivity index (χ1) is 9.25. The van der Waals surface area contributed by atoms with Crippen LogP contribution >= 0.6 is 23.6 Å². The minimum atomic E-state index is 0.337. The molecule has 2 heterocycles. The van der Waals surface area contributed by atoms with Gasteiger partial charge in [-0.2, -0.15) is 0 Å². The molecule has 0 aliphatic heterocycles. The third-order valence-electron chi connectivity index (χ3n) is 3.42. The van der Waals surface area contributed by atoms with Gasteiger partial charge in [0.05, 0.1) is 11.7 Å². The standard InChI is InChI=1S/C14H15N3S2/c15-14(18)13-11(4-2-7-16-13)17-10-3-1-5-12-9(10)6-8-19-12/h2,4,6-8,10,17H,1,3,5H2,(H2,15,18). The van der Waals surface area contributed by atoms with E-state index in [-0.39, 0.29) is 0 Å². The molecular formula is C14H15N3S2. The van der Waals surface area contributed by atoms with Crippen molar-refractivity contribution in [2.45, 2.75) is 25.3 Å². The monoisotopic (exact) mass is 289 g/mol. The second-order valence-corrected chi connectivity index (χ2v) is 6.09. The molecule has 98 valence electrons.